The molecule has 0 aliphatic heterocycles. The molecule has 120 valence electrons. The standard InChI is InChI=1S/C19H21NO3/c1-13-5-6-14(2)17(11-13)18(21)20(3)12-15-7-9-16(10-8-15)19(22)23-4/h5-11H,12H2,1-4H3. The topological polar surface area (TPSA) is 46.6 Å². The number of amides is 1. The summed E-state index contributed by atoms with van der Waals surface area (Å²) in [6, 6.07) is 12.9. The average molecular weight is 311 g/mol. The summed E-state index contributed by atoms with van der Waals surface area (Å²) >= 11 is 0. The predicted octanol–water partition coefficient (Wildman–Crippen LogP) is 3.36. The SMILES string of the molecule is COC(=O)c1ccc(CN(C)C(=O)c2cc(C)ccc2C)cc1. The second-order valence-electron chi connectivity index (χ2n) is 5.67. The molecule has 0 saturated carbocycles. The minimum Gasteiger partial charge on any atom is -0.465 e. The lowest BCUT2D eigenvalue weighted by Crippen LogP contribution is -2.27. The van der Waals surface area contributed by atoms with E-state index in [4.69, 9.17) is 0 Å². The van der Waals surface area contributed by atoms with Crippen molar-refractivity contribution in [2.45, 2.75) is 20.4 Å². The van der Waals surface area contributed by atoms with Crippen molar-refractivity contribution < 1.29 is 14.3 Å². The van der Waals surface area contributed by atoms with Crippen LogP contribution in [0.4, 0.5) is 0 Å². The predicted molar refractivity (Wildman–Crippen MR) is 89.5 cm³/mol. The van der Waals surface area contributed by atoms with Gasteiger partial charge in [0, 0.05) is 19.2 Å². The lowest BCUT2D eigenvalue weighted by atomic mass is 10.0. The first-order valence-electron chi connectivity index (χ1n) is 7.42. The van der Waals surface area contributed by atoms with Crippen LogP contribution in [0, 0.1) is 13.8 Å². The molecule has 0 unspecified atom stereocenters. The number of ether oxygens (including phenoxy) is 1. The fourth-order valence-corrected chi connectivity index (χ4v) is 2.38. The van der Waals surface area contributed by atoms with E-state index in [2.05, 4.69) is 4.74 Å². The average Bonchev–Trinajstić information content (AvgIpc) is 2.56. The fraction of sp³-hybridized carbons (Fsp3) is 0.263. The first-order chi connectivity index (χ1) is 10.9. The maximum Gasteiger partial charge on any atom is 0.337 e. The molecular formula is C19H21NO3. The van der Waals surface area contributed by atoms with E-state index in [0.717, 1.165) is 22.3 Å². The molecule has 0 radical (unpaired) electrons. The number of hydrogen-bond donors (Lipinski definition) is 0. The number of methoxy groups -OCH3 is 1. The van der Waals surface area contributed by atoms with Gasteiger partial charge in [-0.2, -0.15) is 0 Å². The first-order valence-corrected chi connectivity index (χ1v) is 7.42. The Bertz CT molecular complexity index is 720. The molecule has 0 aliphatic carbocycles. The number of carbonyl (C=O) groups is 2. The van der Waals surface area contributed by atoms with Crippen molar-refractivity contribution in [1.82, 2.24) is 4.90 Å². The Kier molecular flexibility index (Phi) is 5.16. The molecule has 0 aromatic heterocycles. The third-order valence-corrected chi connectivity index (χ3v) is 3.76. The molecule has 0 fully saturated rings. The van der Waals surface area contributed by atoms with Gasteiger partial charge in [-0.25, -0.2) is 4.79 Å². The summed E-state index contributed by atoms with van der Waals surface area (Å²) in [6.45, 7) is 4.39. The van der Waals surface area contributed by atoms with Crippen LogP contribution in [0.15, 0.2) is 42.5 Å². The van der Waals surface area contributed by atoms with Crippen LogP contribution >= 0.6 is 0 Å². The van der Waals surface area contributed by atoms with Crippen LogP contribution < -0.4 is 0 Å². The Hall–Kier alpha value is -2.62. The third-order valence-electron chi connectivity index (χ3n) is 3.76. The van der Waals surface area contributed by atoms with Crippen molar-refractivity contribution in [1.29, 1.82) is 0 Å². The molecule has 0 bridgehead atoms. The summed E-state index contributed by atoms with van der Waals surface area (Å²) in [5, 5.41) is 0. The fourth-order valence-electron chi connectivity index (χ4n) is 2.38. The molecule has 23 heavy (non-hydrogen) atoms. The highest BCUT2D eigenvalue weighted by molar-refractivity contribution is 5.95. The highest BCUT2D eigenvalue weighted by Gasteiger charge is 2.15. The van der Waals surface area contributed by atoms with Gasteiger partial charge in [-0.05, 0) is 43.2 Å². The molecule has 2 rings (SSSR count). The molecule has 0 saturated heterocycles. The van der Waals surface area contributed by atoms with Crippen LogP contribution in [0.1, 0.15) is 37.4 Å². The number of nitrogens with zero attached hydrogens (tertiary/aromatic N) is 1. The van der Waals surface area contributed by atoms with Gasteiger partial charge in [-0.15, -0.1) is 0 Å². The molecule has 4 nitrogen and oxygen atoms in total. The Morgan fingerprint density at radius 2 is 1.70 bits per heavy atom. The van der Waals surface area contributed by atoms with Crippen LogP contribution in [0.25, 0.3) is 0 Å². The van der Waals surface area contributed by atoms with Gasteiger partial charge in [0.05, 0.1) is 12.7 Å². The quantitative estimate of drug-likeness (QED) is 0.813. The zero-order chi connectivity index (χ0) is 17.0. The van der Waals surface area contributed by atoms with Crippen LogP contribution in [0.5, 0.6) is 0 Å². The molecule has 2 aromatic carbocycles. The molecule has 4 heteroatoms. The Morgan fingerprint density at radius 3 is 2.30 bits per heavy atom. The molecule has 0 atom stereocenters. The molecule has 0 spiro atoms. The number of hydrogen-bond acceptors (Lipinski definition) is 3. The Balaban J connectivity index is 2.12. The van der Waals surface area contributed by atoms with Crippen LogP contribution in [-0.4, -0.2) is 30.9 Å². The Labute approximate surface area is 136 Å². The maximum absolute atomic E-state index is 12.6. The lowest BCUT2D eigenvalue weighted by molar-refractivity contribution is 0.0600. The smallest absolute Gasteiger partial charge is 0.337 e. The van der Waals surface area contributed by atoms with Crippen LogP contribution in [0.2, 0.25) is 0 Å². The van der Waals surface area contributed by atoms with Gasteiger partial charge in [-0.1, -0.05) is 29.8 Å². The number of rotatable bonds is 4. The van der Waals surface area contributed by atoms with E-state index in [1.807, 2.05) is 44.2 Å². The number of esters is 1. The van der Waals surface area contributed by atoms with Gasteiger partial charge in [0.15, 0.2) is 0 Å². The summed E-state index contributed by atoms with van der Waals surface area (Å²) in [4.78, 5) is 25.7. The van der Waals surface area contributed by atoms with Gasteiger partial charge in [0.2, 0.25) is 0 Å². The molecule has 0 heterocycles. The third kappa shape index (κ3) is 3.97. The summed E-state index contributed by atoms with van der Waals surface area (Å²) in [6.07, 6.45) is 0. The van der Waals surface area contributed by atoms with E-state index in [9.17, 15) is 9.59 Å². The van der Waals surface area contributed by atoms with Gasteiger partial charge in [0.25, 0.3) is 5.91 Å². The van der Waals surface area contributed by atoms with Crippen LogP contribution in [-0.2, 0) is 11.3 Å². The summed E-state index contributed by atoms with van der Waals surface area (Å²) in [5.41, 5.74) is 4.21. The monoisotopic (exact) mass is 311 g/mol. The maximum atomic E-state index is 12.6. The van der Waals surface area contributed by atoms with Crippen molar-refractivity contribution in [3.63, 3.8) is 0 Å². The number of aryl methyl sites for hydroxylation is 2. The van der Waals surface area contributed by atoms with Gasteiger partial charge < -0.3 is 9.64 Å². The Morgan fingerprint density at radius 1 is 1.04 bits per heavy atom. The molecule has 0 N–H and O–H groups in total. The van der Waals surface area contributed by atoms with Crippen molar-refractivity contribution in [2.75, 3.05) is 14.2 Å². The second kappa shape index (κ2) is 7.09. The minimum absolute atomic E-state index is 0.0109. The highest BCUT2D eigenvalue weighted by Crippen LogP contribution is 2.15. The van der Waals surface area contributed by atoms with Crippen molar-refractivity contribution in [3.8, 4) is 0 Å². The first kappa shape index (κ1) is 16.7. The lowest BCUT2D eigenvalue weighted by Gasteiger charge is -2.19. The summed E-state index contributed by atoms with van der Waals surface area (Å²) in [7, 11) is 3.13. The molecular weight excluding hydrogens is 290 g/mol. The molecule has 2 aromatic rings. The zero-order valence-corrected chi connectivity index (χ0v) is 13.9. The molecule has 0 aliphatic rings. The van der Waals surface area contributed by atoms with E-state index in [1.165, 1.54) is 7.11 Å². The summed E-state index contributed by atoms with van der Waals surface area (Å²) in [5.74, 6) is -0.375. The van der Waals surface area contributed by atoms with Crippen molar-refractivity contribution in [2.24, 2.45) is 0 Å². The number of benzene rings is 2. The van der Waals surface area contributed by atoms with Crippen molar-refractivity contribution in [3.05, 3.63) is 70.3 Å². The minimum atomic E-state index is -0.364. The highest BCUT2D eigenvalue weighted by atomic mass is 16.5. The van der Waals surface area contributed by atoms with Gasteiger partial charge in [-0.3, -0.25) is 4.79 Å². The normalized spacial score (nSPS) is 10.3. The number of carbonyl (C=O) groups excluding carboxylic acids is 2. The molecule has 1 amide bonds. The van der Waals surface area contributed by atoms with Gasteiger partial charge in [0.1, 0.15) is 0 Å². The van der Waals surface area contributed by atoms with Crippen molar-refractivity contribution >= 4 is 11.9 Å². The zero-order valence-electron chi connectivity index (χ0n) is 13.9. The second-order valence-corrected chi connectivity index (χ2v) is 5.67. The van der Waals surface area contributed by atoms with E-state index >= 15 is 0 Å². The summed E-state index contributed by atoms with van der Waals surface area (Å²) < 4.78 is 4.67. The largest absolute Gasteiger partial charge is 0.465 e. The van der Waals surface area contributed by atoms with E-state index in [-0.39, 0.29) is 11.9 Å². The van der Waals surface area contributed by atoms with E-state index in [0.29, 0.717) is 12.1 Å². The van der Waals surface area contributed by atoms with Crippen LogP contribution in [0.3, 0.4) is 0 Å². The van der Waals surface area contributed by atoms with E-state index < -0.39 is 0 Å². The van der Waals surface area contributed by atoms with Gasteiger partial charge >= 0.3 is 5.97 Å². The van der Waals surface area contributed by atoms with E-state index in [1.54, 1.807) is 24.1 Å².